The van der Waals surface area contributed by atoms with Crippen LogP contribution in [-0.2, 0) is 12.0 Å². The Balaban J connectivity index is 1.46. The highest BCUT2D eigenvalue weighted by Crippen LogP contribution is 2.25. The van der Waals surface area contributed by atoms with Crippen molar-refractivity contribution in [1.82, 2.24) is 25.2 Å². The van der Waals surface area contributed by atoms with Gasteiger partial charge in [0.15, 0.2) is 17.4 Å². The van der Waals surface area contributed by atoms with Crippen molar-refractivity contribution in [3.05, 3.63) is 60.0 Å². The molecule has 0 aliphatic carbocycles. The Labute approximate surface area is 165 Å². The van der Waals surface area contributed by atoms with Crippen LogP contribution in [0.4, 0.5) is 0 Å². The van der Waals surface area contributed by atoms with Crippen molar-refractivity contribution in [2.75, 3.05) is 20.2 Å². The number of hydrogen-bond acceptors (Lipinski definition) is 4. The predicted octanol–water partition coefficient (Wildman–Crippen LogP) is 2.77. The maximum absolute atomic E-state index is 5.87. The highest BCUT2D eigenvalue weighted by Gasteiger charge is 2.13. The van der Waals surface area contributed by atoms with E-state index in [9.17, 15) is 0 Å². The van der Waals surface area contributed by atoms with Gasteiger partial charge >= 0.3 is 0 Å². The third-order valence-corrected chi connectivity index (χ3v) is 4.39. The molecule has 0 unspecified atom stereocenters. The summed E-state index contributed by atoms with van der Waals surface area (Å²) in [6, 6.07) is 14.1. The van der Waals surface area contributed by atoms with Crippen LogP contribution in [0, 0.1) is 0 Å². The summed E-state index contributed by atoms with van der Waals surface area (Å²) in [4.78, 5) is 4.24. The molecule has 0 bridgehead atoms. The summed E-state index contributed by atoms with van der Waals surface area (Å²) in [6.07, 6.45) is 1.95. The predicted molar refractivity (Wildman–Crippen MR) is 112 cm³/mol. The van der Waals surface area contributed by atoms with Crippen molar-refractivity contribution in [3.63, 3.8) is 0 Å². The van der Waals surface area contributed by atoms with E-state index in [1.54, 1.807) is 7.05 Å². The molecule has 0 spiro atoms. The average molecular weight is 380 g/mol. The molecule has 0 saturated carbocycles. The molecular formula is C21H28N6O. The van der Waals surface area contributed by atoms with E-state index in [1.807, 2.05) is 40.9 Å². The summed E-state index contributed by atoms with van der Waals surface area (Å²) in [7, 11) is 1.74. The van der Waals surface area contributed by atoms with Crippen molar-refractivity contribution in [2.45, 2.75) is 32.7 Å². The molecule has 3 rings (SSSR count). The van der Waals surface area contributed by atoms with Crippen molar-refractivity contribution >= 4 is 11.6 Å². The monoisotopic (exact) mass is 380 g/mol. The van der Waals surface area contributed by atoms with Gasteiger partial charge in [-0.25, -0.2) is 0 Å². The van der Waals surface area contributed by atoms with Gasteiger partial charge in [0, 0.05) is 13.2 Å². The molecule has 1 aromatic carbocycles. The van der Waals surface area contributed by atoms with Crippen LogP contribution < -0.4 is 15.4 Å². The fourth-order valence-corrected chi connectivity index (χ4v) is 2.79. The molecule has 7 nitrogen and oxygen atoms in total. The average Bonchev–Trinajstić information content (AvgIpc) is 3.10. The van der Waals surface area contributed by atoms with Crippen molar-refractivity contribution in [1.29, 1.82) is 0 Å². The zero-order chi connectivity index (χ0) is 20.0. The van der Waals surface area contributed by atoms with Gasteiger partial charge in [0.1, 0.15) is 12.4 Å². The molecule has 0 aliphatic heterocycles. The Morgan fingerprint density at radius 3 is 2.75 bits per heavy atom. The molecule has 0 atom stereocenters. The van der Waals surface area contributed by atoms with Gasteiger partial charge in [-0.15, -0.1) is 10.2 Å². The highest BCUT2D eigenvalue weighted by molar-refractivity contribution is 5.79. The van der Waals surface area contributed by atoms with E-state index in [0.717, 1.165) is 17.2 Å². The summed E-state index contributed by atoms with van der Waals surface area (Å²) in [6.45, 7) is 8.30. The first-order valence-corrected chi connectivity index (χ1v) is 9.44. The zero-order valence-corrected chi connectivity index (χ0v) is 16.9. The van der Waals surface area contributed by atoms with E-state index in [4.69, 9.17) is 4.74 Å². The van der Waals surface area contributed by atoms with Gasteiger partial charge in [-0.3, -0.25) is 9.39 Å². The van der Waals surface area contributed by atoms with Gasteiger partial charge < -0.3 is 15.4 Å². The van der Waals surface area contributed by atoms with Crippen LogP contribution >= 0.6 is 0 Å². The Morgan fingerprint density at radius 2 is 1.96 bits per heavy atom. The fraction of sp³-hybridized carbons (Fsp3) is 0.381. The van der Waals surface area contributed by atoms with Gasteiger partial charge in [-0.05, 0) is 35.2 Å². The van der Waals surface area contributed by atoms with Crippen LogP contribution in [0.25, 0.3) is 5.65 Å². The molecule has 7 heteroatoms. The first-order chi connectivity index (χ1) is 13.5. The molecule has 0 aliphatic rings. The molecule has 148 valence electrons. The third-order valence-electron chi connectivity index (χ3n) is 4.39. The summed E-state index contributed by atoms with van der Waals surface area (Å²) in [5.74, 6) is 2.40. The molecule has 0 radical (unpaired) electrons. The minimum atomic E-state index is 0.107. The fourth-order valence-electron chi connectivity index (χ4n) is 2.79. The molecule has 28 heavy (non-hydrogen) atoms. The van der Waals surface area contributed by atoms with Crippen LogP contribution in [0.15, 0.2) is 53.7 Å². The van der Waals surface area contributed by atoms with Crippen LogP contribution in [0.3, 0.4) is 0 Å². The first-order valence-electron chi connectivity index (χ1n) is 9.44. The summed E-state index contributed by atoms with van der Waals surface area (Å²) in [5.41, 5.74) is 2.19. The van der Waals surface area contributed by atoms with E-state index < -0.39 is 0 Å². The number of aromatic nitrogens is 3. The summed E-state index contributed by atoms with van der Waals surface area (Å²) in [5, 5.41) is 14.9. The Kier molecular flexibility index (Phi) is 6.13. The molecule has 0 saturated heterocycles. The van der Waals surface area contributed by atoms with Gasteiger partial charge in [-0.1, -0.05) is 39.0 Å². The Hall–Kier alpha value is -3.09. The number of hydrogen-bond donors (Lipinski definition) is 2. The number of fused-ring (bicyclic) bond motifs is 1. The largest absolute Gasteiger partial charge is 0.492 e. The van der Waals surface area contributed by atoms with Gasteiger partial charge in [0.2, 0.25) is 0 Å². The van der Waals surface area contributed by atoms with E-state index in [-0.39, 0.29) is 5.41 Å². The molecule has 0 fully saturated rings. The molecular weight excluding hydrogens is 352 g/mol. The quantitative estimate of drug-likeness (QED) is 0.391. The SMILES string of the molecule is CN=C(NCCOc1cccc(C(C)(C)C)c1)NCc1nnc2ccccn12. The smallest absolute Gasteiger partial charge is 0.191 e. The first kappa shape index (κ1) is 19.7. The number of pyridine rings is 1. The van der Waals surface area contributed by atoms with Gasteiger partial charge in [0.05, 0.1) is 13.1 Å². The second-order valence-corrected chi connectivity index (χ2v) is 7.52. The minimum absolute atomic E-state index is 0.107. The number of nitrogens with one attached hydrogen (secondary N) is 2. The molecule has 2 aromatic heterocycles. The number of guanidine groups is 1. The number of nitrogens with zero attached hydrogens (tertiary/aromatic N) is 4. The maximum Gasteiger partial charge on any atom is 0.191 e. The number of benzene rings is 1. The van der Waals surface area contributed by atoms with Crippen LogP contribution in [-0.4, -0.2) is 40.8 Å². The van der Waals surface area contributed by atoms with Crippen LogP contribution in [0.1, 0.15) is 32.2 Å². The van der Waals surface area contributed by atoms with E-state index in [0.29, 0.717) is 25.7 Å². The lowest BCUT2D eigenvalue weighted by molar-refractivity contribution is 0.321. The lowest BCUT2D eigenvalue weighted by Crippen LogP contribution is -2.39. The number of aliphatic imine (C=N–C) groups is 1. The highest BCUT2D eigenvalue weighted by atomic mass is 16.5. The second-order valence-electron chi connectivity index (χ2n) is 7.52. The number of ether oxygens (including phenoxy) is 1. The van der Waals surface area contributed by atoms with E-state index in [1.165, 1.54) is 5.56 Å². The summed E-state index contributed by atoms with van der Waals surface area (Å²) >= 11 is 0. The van der Waals surface area contributed by atoms with E-state index >= 15 is 0 Å². The minimum Gasteiger partial charge on any atom is -0.492 e. The van der Waals surface area contributed by atoms with Crippen molar-refractivity contribution in [2.24, 2.45) is 4.99 Å². The van der Waals surface area contributed by atoms with Gasteiger partial charge in [0.25, 0.3) is 0 Å². The topological polar surface area (TPSA) is 75.8 Å². The lowest BCUT2D eigenvalue weighted by Gasteiger charge is -2.20. The normalized spacial score (nSPS) is 12.2. The summed E-state index contributed by atoms with van der Waals surface area (Å²) < 4.78 is 7.82. The van der Waals surface area contributed by atoms with Crippen molar-refractivity contribution < 1.29 is 4.74 Å². The van der Waals surface area contributed by atoms with Crippen LogP contribution in [0.5, 0.6) is 5.75 Å². The standard InChI is InChI=1S/C21H28N6O/c1-21(2,3)16-8-7-9-17(14-16)28-13-11-23-20(22-4)24-15-19-26-25-18-10-5-6-12-27(18)19/h5-10,12,14H,11,13,15H2,1-4H3,(H2,22,23,24). The molecule has 2 N–H and O–H groups in total. The second kappa shape index (κ2) is 8.73. The van der Waals surface area contributed by atoms with E-state index in [2.05, 4.69) is 58.7 Å². The van der Waals surface area contributed by atoms with Gasteiger partial charge in [-0.2, -0.15) is 0 Å². The third kappa shape index (κ3) is 5.00. The maximum atomic E-state index is 5.87. The van der Waals surface area contributed by atoms with Crippen molar-refractivity contribution in [3.8, 4) is 5.75 Å². The lowest BCUT2D eigenvalue weighted by atomic mass is 9.87. The Morgan fingerprint density at radius 1 is 1.11 bits per heavy atom. The van der Waals surface area contributed by atoms with Crippen LogP contribution in [0.2, 0.25) is 0 Å². The zero-order valence-electron chi connectivity index (χ0n) is 16.9. The molecule has 0 amide bonds. The Bertz CT molecular complexity index is 941. The molecule has 3 aromatic rings. The molecule has 2 heterocycles. The number of rotatable bonds is 6.